The Morgan fingerprint density at radius 3 is 2.46 bits per heavy atom. The fraction of sp³-hybridized carbons (Fsp3) is 0.0625. The zero-order valence-corrected chi connectivity index (χ0v) is 12.6. The van der Waals surface area contributed by atoms with E-state index in [1.807, 2.05) is 24.3 Å². The summed E-state index contributed by atoms with van der Waals surface area (Å²) in [5.41, 5.74) is 2.58. The van der Waals surface area contributed by atoms with Crippen molar-refractivity contribution in [1.82, 2.24) is 29.7 Å². The van der Waals surface area contributed by atoms with E-state index >= 15 is 0 Å². The van der Waals surface area contributed by atoms with Crippen molar-refractivity contribution >= 4 is 16.9 Å². The van der Waals surface area contributed by atoms with Crippen molar-refractivity contribution in [2.75, 3.05) is 0 Å². The molecule has 116 valence electrons. The number of azo groups is 1. The first-order valence-corrected chi connectivity index (χ1v) is 7.27. The number of pyridine rings is 2. The Balaban J connectivity index is 1.66. The molecule has 0 saturated carbocycles. The fourth-order valence-electron chi connectivity index (χ4n) is 2.26. The van der Waals surface area contributed by atoms with E-state index in [2.05, 4.69) is 35.3 Å². The van der Waals surface area contributed by atoms with Gasteiger partial charge in [0, 0.05) is 24.8 Å². The van der Waals surface area contributed by atoms with Gasteiger partial charge in [-0.05, 0) is 29.8 Å². The van der Waals surface area contributed by atoms with E-state index in [0.29, 0.717) is 18.0 Å². The highest BCUT2D eigenvalue weighted by Gasteiger charge is 2.10. The molecule has 0 aliphatic rings. The van der Waals surface area contributed by atoms with Crippen LogP contribution in [0, 0.1) is 0 Å². The van der Waals surface area contributed by atoms with Crippen molar-refractivity contribution in [2.45, 2.75) is 6.54 Å². The van der Waals surface area contributed by atoms with Crippen LogP contribution < -0.4 is 0 Å². The number of aromatic nitrogens is 6. The molecular formula is C16H12N8. The fourth-order valence-corrected chi connectivity index (χ4v) is 2.26. The van der Waals surface area contributed by atoms with Crippen LogP contribution in [-0.4, -0.2) is 29.7 Å². The lowest BCUT2D eigenvalue weighted by Crippen LogP contribution is -1.97. The number of hydrogen-bond donors (Lipinski definition) is 0. The molecule has 4 heterocycles. The third kappa shape index (κ3) is 2.72. The topological polar surface area (TPSA) is 94.1 Å². The lowest BCUT2D eigenvalue weighted by Gasteiger charge is -2.01. The van der Waals surface area contributed by atoms with Gasteiger partial charge in [-0.1, -0.05) is 0 Å². The molecule has 0 spiro atoms. The van der Waals surface area contributed by atoms with Crippen LogP contribution in [0.1, 0.15) is 5.56 Å². The summed E-state index contributed by atoms with van der Waals surface area (Å²) < 4.78 is 1.72. The average molecular weight is 316 g/mol. The van der Waals surface area contributed by atoms with Crippen molar-refractivity contribution in [3.8, 4) is 5.69 Å². The normalized spacial score (nSPS) is 11.3. The zero-order valence-electron chi connectivity index (χ0n) is 12.6. The van der Waals surface area contributed by atoms with Crippen LogP contribution in [0.4, 0.5) is 5.82 Å². The molecule has 0 radical (unpaired) electrons. The molecule has 0 unspecified atom stereocenters. The molecule has 0 atom stereocenters. The molecule has 8 nitrogen and oxygen atoms in total. The Morgan fingerprint density at radius 1 is 0.917 bits per heavy atom. The molecule has 0 aliphatic carbocycles. The van der Waals surface area contributed by atoms with Gasteiger partial charge in [-0.3, -0.25) is 9.97 Å². The summed E-state index contributed by atoms with van der Waals surface area (Å²) in [7, 11) is 0. The number of nitrogens with zero attached hydrogens (tertiary/aromatic N) is 8. The molecule has 0 N–H and O–H groups in total. The van der Waals surface area contributed by atoms with Crippen molar-refractivity contribution in [3.05, 3.63) is 67.1 Å². The van der Waals surface area contributed by atoms with Crippen LogP contribution in [0.25, 0.3) is 16.7 Å². The van der Waals surface area contributed by atoms with Crippen LogP contribution in [0.5, 0.6) is 0 Å². The van der Waals surface area contributed by atoms with E-state index in [0.717, 1.165) is 16.6 Å². The van der Waals surface area contributed by atoms with Gasteiger partial charge in [0.15, 0.2) is 11.5 Å². The van der Waals surface area contributed by atoms with Gasteiger partial charge in [0.05, 0.1) is 23.8 Å². The van der Waals surface area contributed by atoms with Gasteiger partial charge in [0.25, 0.3) is 0 Å². The van der Waals surface area contributed by atoms with Gasteiger partial charge >= 0.3 is 0 Å². The Kier molecular flexibility index (Phi) is 3.69. The average Bonchev–Trinajstić information content (AvgIpc) is 3.08. The summed E-state index contributed by atoms with van der Waals surface area (Å²) in [6, 6.07) is 7.52. The van der Waals surface area contributed by atoms with Crippen LogP contribution in [-0.2, 0) is 6.54 Å². The van der Waals surface area contributed by atoms with E-state index in [1.165, 1.54) is 6.33 Å². The van der Waals surface area contributed by atoms with Crippen LogP contribution in [0.2, 0.25) is 0 Å². The van der Waals surface area contributed by atoms with Gasteiger partial charge < -0.3 is 0 Å². The minimum absolute atomic E-state index is 0.465. The van der Waals surface area contributed by atoms with Gasteiger partial charge in [-0.15, -0.1) is 5.11 Å². The summed E-state index contributed by atoms with van der Waals surface area (Å²) in [6.07, 6.45) is 10.0. The first-order valence-electron chi connectivity index (χ1n) is 7.27. The maximum atomic E-state index is 4.37. The molecule has 8 heteroatoms. The summed E-state index contributed by atoms with van der Waals surface area (Å²) in [5, 5.41) is 13.5. The molecular weight excluding hydrogens is 304 g/mol. The minimum atomic E-state index is 0.465. The molecule has 0 aliphatic heterocycles. The van der Waals surface area contributed by atoms with Crippen LogP contribution in [0.3, 0.4) is 0 Å². The molecule has 0 bridgehead atoms. The number of rotatable bonds is 4. The van der Waals surface area contributed by atoms with Gasteiger partial charge in [-0.25, -0.2) is 14.6 Å². The van der Waals surface area contributed by atoms with Crippen LogP contribution in [0.15, 0.2) is 71.8 Å². The van der Waals surface area contributed by atoms with E-state index in [9.17, 15) is 0 Å². The van der Waals surface area contributed by atoms with Gasteiger partial charge in [0.1, 0.15) is 6.33 Å². The van der Waals surface area contributed by atoms with E-state index in [1.54, 1.807) is 35.7 Å². The minimum Gasteiger partial charge on any atom is -0.265 e. The Morgan fingerprint density at radius 2 is 1.67 bits per heavy atom. The summed E-state index contributed by atoms with van der Waals surface area (Å²) in [4.78, 5) is 16.5. The molecule has 4 rings (SSSR count). The Bertz CT molecular complexity index is 979. The van der Waals surface area contributed by atoms with Gasteiger partial charge in [0.2, 0.25) is 0 Å². The highest BCUT2D eigenvalue weighted by molar-refractivity contribution is 5.85. The molecule has 4 aromatic rings. The predicted octanol–water partition coefficient (Wildman–Crippen LogP) is 2.89. The van der Waals surface area contributed by atoms with Crippen molar-refractivity contribution in [1.29, 1.82) is 0 Å². The van der Waals surface area contributed by atoms with Gasteiger partial charge in [-0.2, -0.15) is 10.2 Å². The molecule has 0 fully saturated rings. The predicted molar refractivity (Wildman–Crippen MR) is 86.9 cm³/mol. The molecule has 4 aromatic heterocycles. The molecule has 0 saturated heterocycles. The number of fused-ring (bicyclic) bond motifs is 1. The maximum Gasteiger partial charge on any atom is 0.188 e. The maximum absolute atomic E-state index is 4.37. The second-order valence-electron chi connectivity index (χ2n) is 4.95. The lowest BCUT2D eigenvalue weighted by atomic mass is 10.3. The van der Waals surface area contributed by atoms with Crippen LogP contribution >= 0.6 is 0 Å². The van der Waals surface area contributed by atoms with E-state index < -0.39 is 0 Å². The summed E-state index contributed by atoms with van der Waals surface area (Å²) in [5.74, 6) is 0.495. The standard InChI is InChI=1S/C16H12N8/c1-5-17-6-2-12(1)9-21-23-15-14-10-22-24(16(14)20-11-19-15)13-3-7-18-8-4-13/h1-8,10-11H,9H2. The monoisotopic (exact) mass is 316 g/mol. The molecule has 24 heavy (non-hydrogen) atoms. The Hall–Kier alpha value is -3.55. The molecule has 0 aromatic carbocycles. The smallest absolute Gasteiger partial charge is 0.188 e. The van der Waals surface area contributed by atoms with Crippen molar-refractivity contribution in [3.63, 3.8) is 0 Å². The summed E-state index contributed by atoms with van der Waals surface area (Å²) >= 11 is 0. The first-order chi connectivity index (χ1) is 11.9. The largest absolute Gasteiger partial charge is 0.265 e. The van der Waals surface area contributed by atoms with E-state index in [4.69, 9.17) is 0 Å². The summed E-state index contributed by atoms with van der Waals surface area (Å²) in [6.45, 7) is 0.465. The second kappa shape index (κ2) is 6.29. The zero-order chi connectivity index (χ0) is 16.2. The third-order valence-corrected chi connectivity index (χ3v) is 3.42. The number of hydrogen-bond acceptors (Lipinski definition) is 7. The highest BCUT2D eigenvalue weighted by Crippen LogP contribution is 2.23. The van der Waals surface area contributed by atoms with E-state index in [-0.39, 0.29) is 0 Å². The third-order valence-electron chi connectivity index (χ3n) is 3.42. The van der Waals surface area contributed by atoms with Crippen molar-refractivity contribution < 1.29 is 0 Å². The van der Waals surface area contributed by atoms with Crippen molar-refractivity contribution in [2.24, 2.45) is 10.2 Å². The Labute approximate surface area is 137 Å². The quantitative estimate of drug-likeness (QED) is 0.540. The lowest BCUT2D eigenvalue weighted by molar-refractivity contribution is 0.891. The highest BCUT2D eigenvalue weighted by atomic mass is 15.3. The molecule has 0 amide bonds. The second-order valence-corrected chi connectivity index (χ2v) is 4.95. The first kappa shape index (κ1) is 14.1. The SMILES string of the molecule is c1cc(CN=Nc2ncnc3c2cnn3-c2ccncc2)ccn1.